The second-order valence-electron chi connectivity index (χ2n) is 4.89. The van der Waals surface area contributed by atoms with E-state index in [1.54, 1.807) is 37.4 Å². The number of halogens is 1. The number of aromatic nitrogens is 2. The molecule has 0 saturated heterocycles. The van der Waals surface area contributed by atoms with Gasteiger partial charge in [0.1, 0.15) is 5.75 Å². The van der Waals surface area contributed by atoms with Crippen LogP contribution >= 0.6 is 15.9 Å². The molecule has 5 nitrogen and oxygen atoms in total. The minimum Gasteiger partial charge on any atom is -0.497 e. The Balaban J connectivity index is 1.73. The molecule has 120 valence electrons. The minimum atomic E-state index is -0.484. The van der Waals surface area contributed by atoms with Crippen LogP contribution in [0.2, 0.25) is 0 Å². The van der Waals surface area contributed by atoms with E-state index in [1.807, 2.05) is 30.3 Å². The third-order valence-corrected chi connectivity index (χ3v) is 3.78. The minimum absolute atomic E-state index is 0.150. The van der Waals surface area contributed by atoms with Gasteiger partial charge in [0, 0.05) is 16.1 Å². The van der Waals surface area contributed by atoms with E-state index in [1.165, 1.54) is 0 Å². The van der Waals surface area contributed by atoms with Crippen LogP contribution in [0, 0.1) is 0 Å². The Labute approximate surface area is 147 Å². The Bertz CT molecular complexity index is 849. The molecule has 0 fully saturated rings. The van der Waals surface area contributed by atoms with E-state index in [0.717, 1.165) is 15.8 Å². The molecule has 6 heteroatoms. The summed E-state index contributed by atoms with van der Waals surface area (Å²) in [7, 11) is 1.61. The van der Waals surface area contributed by atoms with Crippen LogP contribution in [0.4, 0.5) is 0 Å². The first-order valence-electron chi connectivity index (χ1n) is 7.11. The van der Waals surface area contributed by atoms with Gasteiger partial charge < -0.3 is 9.47 Å². The molecule has 1 heterocycles. The standard InChI is InChI=1S/C18H13BrN2O3/c1-23-15-7-5-12(6-8-15)16-9-10-17(21-20-16)24-18(22)13-3-2-4-14(19)11-13/h2-11H,1H3. The molecule has 0 bridgehead atoms. The Morgan fingerprint density at radius 2 is 1.79 bits per heavy atom. The Hall–Kier alpha value is -2.73. The van der Waals surface area contributed by atoms with Crippen molar-refractivity contribution in [2.45, 2.75) is 0 Å². The fourth-order valence-electron chi connectivity index (χ4n) is 2.06. The van der Waals surface area contributed by atoms with Crippen molar-refractivity contribution in [1.29, 1.82) is 0 Å². The van der Waals surface area contributed by atoms with Crippen molar-refractivity contribution in [1.82, 2.24) is 10.2 Å². The van der Waals surface area contributed by atoms with Crippen LogP contribution in [-0.4, -0.2) is 23.3 Å². The summed E-state index contributed by atoms with van der Waals surface area (Å²) in [4.78, 5) is 12.1. The average Bonchev–Trinajstić information content (AvgIpc) is 2.62. The quantitative estimate of drug-likeness (QED) is 0.632. The molecule has 0 radical (unpaired) electrons. The van der Waals surface area contributed by atoms with Gasteiger partial charge in [0.05, 0.1) is 18.4 Å². The van der Waals surface area contributed by atoms with E-state index in [-0.39, 0.29) is 5.88 Å². The van der Waals surface area contributed by atoms with Crippen LogP contribution in [0.3, 0.4) is 0 Å². The number of hydrogen-bond acceptors (Lipinski definition) is 5. The van der Waals surface area contributed by atoms with Gasteiger partial charge in [-0.2, -0.15) is 0 Å². The van der Waals surface area contributed by atoms with E-state index in [0.29, 0.717) is 11.3 Å². The monoisotopic (exact) mass is 384 g/mol. The maximum absolute atomic E-state index is 12.1. The number of benzene rings is 2. The highest BCUT2D eigenvalue weighted by Gasteiger charge is 2.10. The number of carbonyl (C=O) groups is 1. The van der Waals surface area contributed by atoms with Crippen molar-refractivity contribution < 1.29 is 14.3 Å². The number of methoxy groups -OCH3 is 1. The van der Waals surface area contributed by atoms with Gasteiger partial charge in [-0.05, 0) is 48.5 Å². The average molecular weight is 385 g/mol. The molecule has 0 aliphatic carbocycles. The molecule has 2 aromatic carbocycles. The van der Waals surface area contributed by atoms with E-state index in [4.69, 9.17) is 9.47 Å². The van der Waals surface area contributed by atoms with Gasteiger partial charge in [0.15, 0.2) is 0 Å². The first kappa shape index (κ1) is 16.1. The van der Waals surface area contributed by atoms with Crippen molar-refractivity contribution in [3.63, 3.8) is 0 Å². The highest BCUT2D eigenvalue weighted by atomic mass is 79.9. The van der Waals surface area contributed by atoms with Gasteiger partial charge in [-0.3, -0.25) is 0 Å². The molecule has 0 aliphatic rings. The Kier molecular flexibility index (Phi) is 4.86. The fraction of sp³-hybridized carbons (Fsp3) is 0.0556. The van der Waals surface area contributed by atoms with Gasteiger partial charge in [-0.25, -0.2) is 4.79 Å². The molecular formula is C18H13BrN2O3. The summed E-state index contributed by atoms with van der Waals surface area (Å²) in [6, 6.07) is 17.8. The molecule has 3 aromatic rings. The summed E-state index contributed by atoms with van der Waals surface area (Å²) in [6.07, 6.45) is 0. The zero-order valence-electron chi connectivity index (χ0n) is 12.8. The van der Waals surface area contributed by atoms with Crippen LogP contribution in [0.5, 0.6) is 11.6 Å². The predicted molar refractivity (Wildman–Crippen MR) is 93.1 cm³/mol. The van der Waals surface area contributed by atoms with Crippen LogP contribution < -0.4 is 9.47 Å². The van der Waals surface area contributed by atoms with Crippen molar-refractivity contribution >= 4 is 21.9 Å². The van der Waals surface area contributed by atoms with Crippen molar-refractivity contribution in [2.75, 3.05) is 7.11 Å². The van der Waals surface area contributed by atoms with Gasteiger partial charge in [0.25, 0.3) is 0 Å². The number of esters is 1. The highest BCUT2D eigenvalue weighted by molar-refractivity contribution is 9.10. The molecule has 0 aliphatic heterocycles. The predicted octanol–water partition coefficient (Wildman–Crippen LogP) is 4.13. The third kappa shape index (κ3) is 3.78. The number of nitrogens with zero attached hydrogens (tertiary/aromatic N) is 2. The second kappa shape index (κ2) is 7.23. The summed E-state index contributed by atoms with van der Waals surface area (Å²) in [5, 5.41) is 8.04. The third-order valence-electron chi connectivity index (χ3n) is 3.28. The topological polar surface area (TPSA) is 61.3 Å². The maximum atomic E-state index is 12.1. The zero-order chi connectivity index (χ0) is 16.9. The van der Waals surface area contributed by atoms with Gasteiger partial charge in [0.2, 0.25) is 5.88 Å². The van der Waals surface area contributed by atoms with E-state index < -0.39 is 5.97 Å². The molecule has 0 amide bonds. The molecule has 0 N–H and O–H groups in total. The fourth-order valence-corrected chi connectivity index (χ4v) is 2.46. The van der Waals surface area contributed by atoms with Crippen LogP contribution in [0.25, 0.3) is 11.3 Å². The maximum Gasteiger partial charge on any atom is 0.344 e. The smallest absolute Gasteiger partial charge is 0.344 e. The summed E-state index contributed by atoms with van der Waals surface area (Å²) in [5.74, 6) is 0.436. The van der Waals surface area contributed by atoms with Crippen molar-refractivity contribution in [3.8, 4) is 22.9 Å². The molecule has 0 unspecified atom stereocenters. The number of rotatable bonds is 4. The molecule has 0 atom stereocenters. The molecule has 3 rings (SSSR count). The summed E-state index contributed by atoms with van der Waals surface area (Å²) in [5.41, 5.74) is 2.01. The lowest BCUT2D eigenvalue weighted by molar-refractivity contribution is 0.0726. The molecule has 1 aromatic heterocycles. The molecular weight excluding hydrogens is 372 g/mol. The van der Waals surface area contributed by atoms with Crippen LogP contribution in [-0.2, 0) is 0 Å². The van der Waals surface area contributed by atoms with Gasteiger partial charge in [-0.15, -0.1) is 10.2 Å². The lowest BCUT2D eigenvalue weighted by Gasteiger charge is -2.05. The summed E-state index contributed by atoms with van der Waals surface area (Å²) < 4.78 is 11.2. The van der Waals surface area contributed by atoms with Crippen molar-refractivity contribution in [2.24, 2.45) is 0 Å². The zero-order valence-corrected chi connectivity index (χ0v) is 14.4. The summed E-state index contributed by atoms with van der Waals surface area (Å²) >= 11 is 3.32. The lowest BCUT2D eigenvalue weighted by Crippen LogP contribution is -2.09. The van der Waals surface area contributed by atoms with Crippen LogP contribution in [0.15, 0.2) is 65.1 Å². The number of hydrogen-bond donors (Lipinski definition) is 0. The normalized spacial score (nSPS) is 10.2. The van der Waals surface area contributed by atoms with Crippen LogP contribution in [0.1, 0.15) is 10.4 Å². The van der Waals surface area contributed by atoms with E-state index in [2.05, 4.69) is 26.1 Å². The van der Waals surface area contributed by atoms with E-state index in [9.17, 15) is 4.79 Å². The first-order chi connectivity index (χ1) is 11.7. The highest BCUT2D eigenvalue weighted by Crippen LogP contribution is 2.21. The molecule has 24 heavy (non-hydrogen) atoms. The Morgan fingerprint density at radius 1 is 1.00 bits per heavy atom. The second-order valence-corrected chi connectivity index (χ2v) is 5.80. The SMILES string of the molecule is COc1ccc(-c2ccc(OC(=O)c3cccc(Br)c3)nn2)cc1. The molecule has 0 spiro atoms. The Morgan fingerprint density at radius 3 is 2.42 bits per heavy atom. The number of carbonyl (C=O) groups excluding carboxylic acids is 1. The molecule has 0 saturated carbocycles. The number of ether oxygens (including phenoxy) is 2. The van der Waals surface area contributed by atoms with E-state index >= 15 is 0 Å². The van der Waals surface area contributed by atoms with Gasteiger partial charge in [-0.1, -0.05) is 22.0 Å². The van der Waals surface area contributed by atoms with Gasteiger partial charge >= 0.3 is 5.97 Å². The lowest BCUT2D eigenvalue weighted by atomic mass is 10.1. The van der Waals surface area contributed by atoms with Crippen molar-refractivity contribution in [3.05, 3.63) is 70.7 Å². The summed E-state index contributed by atoms with van der Waals surface area (Å²) in [6.45, 7) is 0. The largest absolute Gasteiger partial charge is 0.497 e. The first-order valence-corrected chi connectivity index (χ1v) is 7.91.